The summed E-state index contributed by atoms with van der Waals surface area (Å²) in [5, 5.41) is 14.6. The van der Waals surface area contributed by atoms with Crippen LogP contribution in [0.1, 0.15) is 33.4 Å². The lowest BCUT2D eigenvalue weighted by Crippen LogP contribution is -2.14. The van der Waals surface area contributed by atoms with Crippen molar-refractivity contribution in [3.8, 4) is 11.8 Å². The molecule has 4 aromatic rings. The molecule has 0 atom stereocenters. The van der Waals surface area contributed by atoms with Crippen LogP contribution in [-0.2, 0) is 11.4 Å². The van der Waals surface area contributed by atoms with Crippen molar-refractivity contribution in [1.29, 1.82) is 5.26 Å². The van der Waals surface area contributed by atoms with Crippen LogP contribution in [-0.4, -0.2) is 5.91 Å². The number of nitrogens with zero attached hydrogens (tertiary/aromatic N) is 1. The molecule has 4 aromatic carbocycles. The van der Waals surface area contributed by atoms with Gasteiger partial charge in [-0.1, -0.05) is 66.2 Å². The van der Waals surface area contributed by atoms with Gasteiger partial charge in [0.25, 0.3) is 5.91 Å². The van der Waals surface area contributed by atoms with Crippen LogP contribution in [0.15, 0.2) is 78.4 Å². The molecule has 0 aromatic heterocycles. The van der Waals surface area contributed by atoms with Gasteiger partial charge < -0.3 is 10.1 Å². The minimum Gasteiger partial charge on any atom is -0.488 e. The first-order chi connectivity index (χ1) is 16.9. The van der Waals surface area contributed by atoms with Crippen LogP contribution in [0.25, 0.3) is 16.8 Å². The van der Waals surface area contributed by atoms with Crippen molar-refractivity contribution in [2.24, 2.45) is 0 Å². The van der Waals surface area contributed by atoms with Crippen LogP contribution in [0.2, 0.25) is 0 Å². The average molecular weight is 461 g/mol. The summed E-state index contributed by atoms with van der Waals surface area (Å²) >= 11 is 0. The zero-order chi connectivity index (χ0) is 24.9. The van der Waals surface area contributed by atoms with Gasteiger partial charge in [0.1, 0.15) is 24.0 Å². The maximum absolute atomic E-state index is 13.0. The van der Waals surface area contributed by atoms with E-state index in [2.05, 4.69) is 43.4 Å². The van der Waals surface area contributed by atoms with Crippen LogP contribution in [0, 0.1) is 39.0 Å². The highest BCUT2D eigenvalue weighted by Crippen LogP contribution is 2.31. The number of anilines is 1. The summed E-state index contributed by atoms with van der Waals surface area (Å²) < 4.78 is 6.22. The number of amides is 1. The Morgan fingerprint density at radius 2 is 1.71 bits per heavy atom. The summed E-state index contributed by atoms with van der Waals surface area (Å²) in [4.78, 5) is 13.0. The Balaban J connectivity index is 1.70. The number of carbonyl (C=O) groups is 1. The van der Waals surface area contributed by atoms with Crippen LogP contribution in [0.3, 0.4) is 0 Å². The van der Waals surface area contributed by atoms with Crippen LogP contribution < -0.4 is 10.1 Å². The zero-order valence-electron chi connectivity index (χ0n) is 20.5. The van der Waals surface area contributed by atoms with Gasteiger partial charge in [-0.3, -0.25) is 4.79 Å². The maximum atomic E-state index is 13.0. The van der Waals surface area contributed by atoms with E-state index in [1.807, 2.05) is 68.4 Å². The number of hydrogen-bond donors (Lipinski definition) is 1. The molecule has 0 heterocycles. The molecule has 0 radical (unpaired) electrons. The molecule has 0 saturated carbocycles. The number of nitriles is 1. The standard InChI is InChI=1S/C31H28N2O2/c1-20-9-13-29(23(4)15-20)33-31(34)26(18-32)17-28-27-8-6-5-7-25(27)12-14-30(28)35-19-24-11-10-21(2)22(3)16-24/h5-17H,19H2,1-4H3,(H,33,34)/b26-17+. The third-order valence-electron chi connectivity index (χ3n) is 6.18. The highest BCUT2D eigenvalue weighted by Gasteiger charge is 2.15. The first-order valence-corrected chi connectivity index (χ1v) is 11.6. The highest BCUT2D eigenvalue weighted by molar-refractivity contribution is 6.11. The molecular formula is C31H28N2O2. The van der Waals surface area contributed by atoms with Crippen molar-refractivity contribution in [1.82, 2.24) is 0 Å². The summed E-state index contributed by atoms with van der Waals surface area (Å²) in [5.74, 6) is 0.168. The van der Waals surface area contributed by atoms with Crippen molar-refractivity contribution in [2.75, 3.05) is 5.32 Å². The fraction of sp³-hybridized carbons (Fsp3) is 0.161. The highest BCUT2D eigenvalue weighted by atomic mass is 16.5. The normalized spacial score (nSPS) is 11.2. The number of ether oxygens (including phenoxy) is 1. The van der Waals surface area contributed by atoms with Gasteiger partial charge in [-0.05, 0) is 78.9 Å². The van der Waals surface area contributed by atoms with E-state index in [0.717, 1.165) is 27.5 Å². The van der Waals surface area contributed by atoms with Crippen LogP contribution >= 0.6 is 0 Å². The molecule has 4 rings (SSSR count). The summed E-state index contributed by atoms with van der Waals surface area (Å²) in [7, 11) is 0. The number of fused-ring (bicyclic) bond motifs is 1. The number of nitrogens with one attached hydrogen (secondary N) is 1. The summed E-state index contributed by atoms with van der Waals surface area (Å²) in [5.41, 5.74) is 6.96. The third kappa shape index (κ3) is 5.42. The number of hydrogen-bond acceptors (Lipinski definition) is 3. The van der Waals surface area contributed by atoms with Gasteiger partial charge in [-0.15, -0.1) is 0 Å². The fourth-order valence-electron chi connectivity index (χ4n) is 4.04. The lowest BCUT2D eigenvalue weighted by atomic mass is 10.0. The van der Waals surface area contributed by atoms with Crippen molar-refractivity contribution in [3.05, 3.63) is 112 Å². The Kier molecular flexibility index (Phi) is 6.98. The number of aryl methyl sites for hydroxylation is 4. The molecule has 0 bridgehead atoms. The van der Waals surface area contributed by atoms with Crippen molar-refractivity contribution in [2.45, 2.75) is 34.3 Å². The topological polar surface area (TPSA) is 62.1 Å². The van der Waals surface area contributed by atoms with E-state index in [1.54, 1.807) is 6.08 Å². The Morgan fingerprint density at radius 1 is 0.914 bits per heavy atom. The Bertz CT molecular complexity index is 1490. The maximum Gasteiger partial charge on any atom is 0.266 e. The zero-order valence-corrected chi connectivity index (χ0v) is 20.5. The van der Waals surface area contributed by atoms with Gasteiger partial charge in [0.2, 0.25) is 0 Å². The molecule has 0 fully saturated rings. The monoisotopic (exact) mass is 460 g/mol. The van der Waals surface area contributed by atoms with Crippen molar-refractivity contribution >= 4 is 28.4 Å². The molecule has 35 heavy (non-hydrogen) atoms. The lowest BCUT2D eigenvalue weighted by molar-refractivity contribution is -0.112. The number of rotatable bonds is 6. The molecule has 1 amide bonds. The van der Waals surface area contributed by atoms with Gasteiger partial charge >= 0.3 is 0 Å². The van der Waals surface area contributed by atoms with Gasteiger partial charge in [-0.2, -0.15) is 5.26 Å². The second-order valence-electron chi connectivity index (χ2n) is 8.85. The minimum absolute atomic E-state index is 0.0114. The van der Waals surface area contributed by atoms with Gasteiger partial charge in [0.15, 0.2) is 0 Å². The minimum atomic E-state index is -0.451. The molecule has 0 aliphatic heterocycles. The van der Waals surface area contributed by atoms with E-state index >= 15 is 0 Å². The van der Waals surface area contributed by atoms with Gasteiger partial charge in [0, 0.05) is 11.3 Å². The molecule has 0 saturated heterocycles. The molecular weight excluding hydrogens is 432 g/mol. The predicted molar refractivity (Wildman–Crippen MR) is 142 cm³/mol. The second-order valence-corrected chi connectivity index (χ2v) is 8.85. The molecule has 0 aliphatic rings. The average Bonchev–Trinajstić information content (AvgIpc) is 2.85. The van der Waals surface area contributed by atoms with Crippen LogP contribution in [0.5, 0.6) is 5.75 Å². The molecule has 0 spiro atoms. The molecule has 1 N–H and O–H groups in total. The fourth-order valence-corrected chi connectivity index (χ4v) is 4.04. The van der Waals surface area contributed by atoms with E-state index in [4.69, 9.17) is 4.74 Å². The largest absolute Gasteiger partial charge is 0.488 e. The number of benzene rings is 4. The van der Waals surface area contributed by atoms with E-state index in [1.165, 1.54) is 11.1 Å². The Morgan fingerprint density at radius 3 is 2.46 bits per heavy atom. The first-order valence-electron chi connectivity index (χ1n) is 11.6. The molecule has 0 aliphatic carbocycles. The SMILES string of the molecule is Cc1ccc(NC(=O)/C(C#N)=C/c2c(OCc3ccc(C)c(C)c3)ccc3ccccc23)c(C)c1. The predicted octanol–water partition coefficient (Wildman–Crippen LogP) is 7.20. The third-order valence-corrected chi connectivity index (χ3v) is 6.18. The summed E-state index contributed by atoms with van der Waals surface area (Å²) in [6.07, 6.45) is 1.62. The van der Waals surface area contributed by atoms with Crippen molar-refractivity contribution < 1.29 is 9.53 Å². The van der Waals surface area contributed by atoms with Crippen LogP contribution in [0.4, 0.5) is 5.69 Å². The Hall–Kier alpha value is -4.36. The van der Waals surface area contributed by atoms with E-state index in [-0.39, 0.29) is 5.57 Å². The molecule has 174 valence electrons. The Labute approximate surface area is 206 Å². The molecule has 0 unspecified atom stereocenters. The molecule has 4 heteroatoms. The van der Waals surface area contributed by atoms with Gasteiger partial charge in [0.05, 0.1) is 0 Å². The summed E-state index contributed by atoms with van der Waals surface area (Å²) in [6, 6.07) is 25.9. The lowest BCUT2D eigenvalue weighted by Gasteiger charge is -2.14. The molecule has 4 nitrogen and oxygen atoms in total. The quantitative estimate of drug-likeness (QED) is 0.244. The van der Waals surface area contributed by atoms with Gasteiger partial charge in [-0.25, -0.2) is 0 Å². The van der Waals surface area contributed by atoms with E-state index in [0.29, 0.717) is 23.6 Å². The smallest absolute Gasteiger partial charge is 0.266 e. The van der Waals surface area contributed by atoms with E-state index in [9.17, 15) is 10.1 Å². The van der Waals surface area contributed by atoms with Crippen molar-refractivity contribution in [3.63, 3.8) is 0 Å². The second kappa shape index (κ2) is 10.3. The van der Waals surface area contributed by atoms with E-state index < -0.39 is 5.91 Å². The summed E-state index contributed by atoms with van der Waals surface area (Å²) in [6.45, 7) is 8.48. The number of carbonyl (C=O) groups excluding carboxylic acids is 1. The first kappa shape index (κ1) is 23.8.